The van der Waals surface area contributed by atoms with Gasteiger partial charge in [-0.15, -0.1) is 0 Å². The number of aromatic nitrogens is 1. The first kappa shape index (κ1) is 20.5. The minimum atomic E-state index is -0.450. The number of thiazole rings is 1. The van der Waals surface area contributed by atoms with Gasteiger partial charge in [0.2, 0.25) is 5.91 Å². The average molecular weight is 405 g/mol. The van der Waals surface area contributed by atoms with E-state index in [2.05, 4.69) is 15.2 Å². The smallest absolute Gasteiger partial charge is 0.307 e. The van der Waals surface area contributed by atoms with Gasteiger partial charge in [-0.25, -0.2) is 4.98 Å². The molecule has 0 atom stereocenters. The molecule has 0 aliphatic carbocycles. The quantitative estimate of drug-likeness (QED) is 0.586. The molecule has 1 fully saturated rings. The third kappa shape index (κ3) is 5.65. The Hall–Kier alpha value is -2.19. The lowest BCUT2D eigenvalue weighted by molar-refractivity contribution is -0.155. The Morgan fingerprint density at radius 2 is 2.04 bits per heavy atom. The van der Waals surface area contributed by atoms with Gasteiger partial charge in [0.15, 0.2) is 5.13 Å². The van der Waals surface area contributed by atoms with Crippen molar-refractivity contribution in [3.8, 4) is 0 Å². The van der Waals surface area contributed by atoms with Gasteiger partial charge < -0.3 is 20.7 Å². The molecule has 7 nitrogen and oxygen atoms in total. The van der Waals surface area contributed by atoms with Crippen LogP contribution >= 0.6 is 11.3 Å². The van der Waals surface area contributed by atoms with Crippen molar-refractivity contribution in [2.24, 2.45) is 5.92 Å². The van der Waals surface area contributed by atoms with Gasteiger partial charge in [0.25, 0.3) is 0 Å². The standard InChI is InChI=1S/C20H28N4O3S/c1-20(2,3)27-17(25)8-11-24-9-6-13(7-10-24)18(26)23-19-22-15-12-14(21)4-5-16(15)28-19/h4-5,12-13H,6-11,21H2,1-3H3,(H,22,23,26). The molecule has 3 rings (SSSR count). The zero-order valence-electron chi connectivity index (χ0n) is 16.7. The molecule has 28 heavy (non-hydrogen) atoms. The SMILES string of the molecule is CC(C)(C)OC(=O)CCN1CCC(C(=O)Nc2nc3cc(N)ccc3s2)CC1. The molecule has 2 heterocycles. The Morgan fingerprint density at radius 1 is 1.32 bits per heavy atom. The van der Waals surface area contributed by atoms with Crippen molar-refractivity contribution in [2.45, 2.75) is 45.6 Å². The minimum absolute atomic E-state index is 0.0128. The molecule has 1 saturated heterocycles. The monoisotopic (exact) mass is 404 g/mol. The van der Waals surface area contributed by atoms with E-state index < -0.39 is 5.60 Å². The first-order valence-electron chi connectivity index (χ1n) is 9.61. The van der Waals surface area contributed by atoms with Crippen molar-refractivity contribution < 1.29 is 14.3 Å². The Balaban J connectivity index is 1.45. The second-order valence-corrected chi connectivity index (χ2v) is 9.22. The molecule has 0 bridgehead atoms. The average Bonchev–Trinajstić information content (AvgIpc) is 3.00. The highest BCUT2D eigenvalue weighted by molar-refractivity contribution is 7.22. The van der Waals surface area contributed by atoms with Crippen LogP contribution in [0.15, 0.2) is 18.2 Å². The van der Waals surface area contributed by atoms with Gasteiger partial charge in [-0.1, -0.05) is 11.3 Å². The molecule has 1 amide bonds. The lowest BCUT2D eigenvalue weighted by Crippen LogP contribution is -2.39. The van der Waals surface area contributed by atoms with Crippen LogP contribution in [0.2, 0.25) is 0 Å². The molecule has 0 saturated carbocycles. The molecule has 1 aromatic heterocycles. The summed E-state index contributed by atoms with van der Waals surface area (Å²) in [5.74, 6) is -0.197. The van der Waals surface area contributed by atoms with Crippen LogP contribution in [0.3, 0.4) is 0 Å². The van der Waals surface area contributed by atoms with Gasteiger partial charge >= 0.3 is 5.97 Å². The van der Waals surface area contributed by atoms with Crippen LogP contribution in [0.1, 0.15) is 40.0 Å². The topological polar surface area (TPSA) is 97.5 Å². The van der Waals surface area contributed by atoms with Crippen molar-refractivity contribution in [3.05, 3.63) is 18.2 Å². The van der Waals surface area contributed by atoms with Crippen molar-refractivity contribution in [2.75, 3.05) is 30.7 Å². The van der Waals surface area contributed by atoms with Crippen molar-refractivity contribution >= 4 is 44.2 Å². The summed E-state index contributed by atoms with van der Waals surface area (Å²) in [6.45, 7) is 7.89. The number of ether oxygens (including phenoxy) is 1. The van der Waals surface area contributed by atoms with Crippen LogP contribution < -0.4 is 11.1 Å². The zero-order chi connectivity index (χ0) is 20.3. The third-order valence-corrected chi connectivity index (χ3v) is 5.60. The zero-order valence-corrected chi connectivity index (χ0v) is 17.5. The number of esters is 1. The summed E-state index contributed by atoms with van der Waals surface area (Å²) in [6, 6.07) is 5.56. The van der Waals surface area contributed by atoms with E-state index in [1.54, 1.807) is 0 Å². The van der Waals surface area contributed by atoms with E-state index >= 15 is 0 Å². The number of likely N-dealkylation sites (tertiary alicyclic amines) is 1. The maximum Gasteiger partial charge on any atom is 0.307 e. The number of carbonyl (C=O) groups is 2. The summed E-state index contributed by atoms with van der Waals surface area (Å²) in [6.07, 6.45) is 1.93. The summed E-state index contributed by atoms with van der Waals surface area (Å²) in [4.78, 5) is 31.1. The Bertz CT molecular complexity index is 851. The third-order valence-electron chi connectivity index (χ3n) is 4.65. The second-order valence-electron chi connectivity index (χ2n) is 8.19. The maximum absolute atomic E-state index is 12.6. The fourth-order valence-electron chi connectivity index (χ4n) is 3.27. The first-order valence-corrected chi connectivity index (χ1v) is 10.4. The molecule has 3 N–H and O–H groups in total. The molecular formula is C20H28N4O3S. The number of carbonyl (C=O) groups excluding carboxylic acids is 2. The van der Waals surface area contributed by atoms with Gasteiger partial charge in [0.05, 0.1) is 16.6 Å². The number of hydrogen-bond acceptors (Lipinski definition) is 7. The van der Waals surface area contributed by atoms with E-state index in [-0.39, 0.29) is 17.8 Å². The summed E-state index contributed by atoms with van der Waals surface area (Å²) >= 11 is 1.45. The highest BCUT2D eigenvalue weighted by Gasteiger charge is 2.26. The fraction of sp³-hybridized carbons (Fsp3) is 0.550. The van der Waals surface area contributed by atoms with Gasteiger partial charge in [-0.05, 0) is 64.9 Å². The van der Waals surface area contributed by atoms with Crippen LogP contribution in [0.25, 0.3) is 10.2 Å². The number of nitrogens with zero attached hydrogens (tertiary/aromatic N) is 2. The number of nitrogens with two attached hydrogens (primary N) is 1. The van der Waals surface area contributed by atoms with Crippen LogP contribution in [0, 0.1) is 5.92 Å². The van der Waals surface area contributed by atoms with Crippen molar-refractivity contribution in [1.82, 2.24) is 9.88 Å². The predicted molar refractivity (Wildman–Crippen MR) is 112 cm³/mol. The van der Waals surface area contributed by atoms with Crippen LogP contribution in [0.4, 0.5) is 10.8 Å². The van der Waals surface area contributed by atoms with Gasteiger partial charge in [0.1, 0.15) is 5.60 Å². The Kier molecular flexibility index (Phi) is 6.20. The van der Waals surface area contributed by atoms with Crippen molar-refractivity contribution in [3.63, 3.8) is 0 Å². The number of benzene rings is 1. The molecule has 1 aliphatic rings. The van der Waals surface area contributed by atoms with E-state index in [4.69, 9.17) is 10.5 Å². The summed E-state index contributed by atoms with van der Waals surface area (Å²) in [5, 5.41) is 3.56. The van der Waals surface area contributed by atoms with Gasteiger partial charge in [0, 0.05) is 18.2 Å². The van der Waals surface area contributed by atoms with Crippen molar-refractivity contribution in [1.29, 1.82) is 0 Å². The first-order chi connectivity index (χ1) is 13.2. The number of hydrogen-bond donors (Lipinski definition) is 2. The van der Waals surface area contributed by atoms with Crippen LogP contribution in [-0.2, 0) is 14.3 Å². The van der Waals surface area contributed by atoms with Gasteiger partial charge in [-0.2, -0.15) is 0 Å². The number of fused-ring (bicyclic) bond motifs is 1. The summed E-state index contributed by atoms with van der Waals surface area (Å²) < 4.78 is 6.34. The molecular weight excluding hydrogens is 376 g/mol. The lowest BCUT2D eigenvalue weighted by Gasteiger charge is -2.31. The number of nitrogen functional groups attached to an aromatic ring is 1. The minimum Gasteiger partial charge on any atom is -0.460 e. The van der Waals surface area contributed by atoms with Gasteiger partial charge in [-0.3, -0.25) is 9.59 Å². The van der Waals surface area contributed by atoms with E-state index in [0.717, 1.165) is 36.1 Å². The highest BCUT2D eigenvalue weighted by atomic mass is 32.1. The predicted octanol–water partition coefficient (Wildman–Crippen LogP) is 3.26. The number of anilines is 2. The number of nitrogens with one attached hydrogen (secondary N) is 1. The van der Waals surface area contributed by atoms with Crippen LogP contribution in [0.5, 0.6) is 0 Å². The molecule has 2 aromatic rings. The summed E-state index contributed by atoms with van der Waals surface area (Å²) in [5.41, 5.74) is 6.80. The molecule has 152 valence electrons. The van der Waals surface area contributed by atoms with E-state index in [9.17, 15) is 9.59 Å². The Morgan fingerprint density at radius 3 is 2.71 bits per heavy atom. The number of rotatable bonds is 5. The Labute approximate surface area is 169 Å². The highest BCUT2D eigenvalue weighted by Crippen LogP contribution is 2.28. The molecule has 1 aliphatic heterocycles. The molecule has 0 spiro atoms. The fourth-order valence-corrected chi connectivity index (χ4v) is 4.12. The molecule has 0 unspecified atom stereocenters. The van der Waals surface area contributed by atoms with E-state index in [1.165, 1.54) is 11.3 Å². The largest absolute Gasteiger partial charge is 0.460 e. The molecule has 0 radical (unpaired) electrons. The molecule has 8 heteroatoms. The number of piperidine rings is 1. The normalized spacial score (nSPS) is 16.2. The lowest BCUT2D eigenvalue weighted by atomic mass is 9.96. The molecule has 1 aromatic carbocycles. The summed E-state index contributed by atoms with van der Waals surface area (Å²) in [7, 11) is 0. The second kappa shape index (κ2) is 8.45. The van der Waals surface area contributed by atoms with Crippen LogP contribution in [-0.4, -0.2) is 47.0 Å². The maximum atomic E-state index is 12.6. The van der Waals surface area contributed by atoms with E-state index in [0.29, 0.717) is 23.8 Å². The van der Waals surface area contributed by atoms with E-state index in [1.807, 2.05) is 39.0 Å². The number of amides is 1.